The first-order valence-corrected chi connectivity index (χ1v) is 13.5. The van der Waals surface area contributed by atoms with E-state index < -0.39 is 9.84 Å². The molecule has 0 spiro atoms. The third-order valence-electron chi connectivity index (χ3n) is 6.27. The summed E-state index contributed by atoms with van der Waals surface area (Å²) in [5.41, 5.74) is 4.17. The number of carbonyl (C=O) groups excluding carboxylic acids is 1. The zero-order valence-electron chi connectivity index (χ0n) is 19.7. The molecule has 0 atom stereocenters. The Bertz CT molecular complexity index is 1240. The maximum atomic E-state index is 12.6. The molecule has 1 saturated heterocycles. The number of benzene rings is 1. The fourth-order valence-electron chi connectivity index (χ4n) is 4.16. The van der Waals surface area contributed by atoms with Crippen LogP contribution < -0.4 is 5.32 Å². The average Bonchev–Trinajstić information content (AvgIpc) is 2.85. The van der Waals surface area contributed by atoms with E-state index in [0.717, 1.165) is 34.4 Å². The minimum absolute atomic E-state index is 0.0296. The van der Waals surface area contributed by atoms with Crippen molar-refractivity contribution in [3.05, 3.63) is 54.4 Å². The molecule has 1 N–H and O–H groups in total. The van der Waals surface area contributed by atoms with Crippen molar-refractivity contribution < 1.29 is 13.2 Å². The van der Waals surface area contributed by atoms with E-state index >= 15 is 0 Å². The summed E-state index contributed by atoms with van der Waals surface area (Å²) in [5, 5.41) is 4.42. The maximum absolute atomic E-state index is 12.6. The topological polar surface area (TPSA) is 95.5 Å². The number of nitrogens with zero attached hydrogens (tertiary/aromatic N) is 4. The van der Waals surface area contributed by atoms with Crippen molar-refractivity contribution in [1.82, 2.24) is 19.8 Å². The SMILES string of the molecule is CCN(CC)C(=O)c1ccc(-c2cc(NCCN3CCS(=O)(=O)CC3)c3cnccc3n2)cc1. The molecule has 0 saturated carbocycles. The number of hydrogen-bond acceptors (Lipinski definition) is 7. The van der Waals surface area contributed by atoms with Crippen LogP contribution in [-0.2, 0) is 9.84 Å². The summed E-state index contributed by atoms with van der Waals surface area (Å²) in [6.07, 6.45) is 3.52. The number of nitrogens with one attached hydrogen (secondary N) is 1. The van der Waals surface area contributed by atoms with E-state index in [1.807, 2.05) is 50.2 Å². The van der Waals surface area contributed by atoms with Crippen molar-refractivity contribution in [2.24, 2.45) is 0 Å². The molecule has 0 bridgehead atoms. The van der Waals surface area contributed by atoms with E-state index in [4.69, 9.17) is 4.98 Å². The van der Waals surface area contributed by atoms with Gasteiger partial charge in [-0.1, -0.05) is 12.1 Å². The van der Waals surface area contributed by atoms with E-state index in [-0.39, 0.29) is 17.4 Å². The largest absolute Gasteiger partial charge is 0.383 e. The molecule has 9 heteroatoms. The standard InChI is InChI=1S/C25H31N5O3S/c1-3-30(4-2)25(31)20-7-5-19(6-8-20)23-17-24(21-18-26-10-9-22(21)28-23)27-11-12-29-13-15-34(32,33)16-14-29/h5-10,17-18H,3-4,11-16H2,1-2H3,(H,27,28). The number of sulfone groups is 1. The number of anilines is 1. The molecule has 1 aliphatic heterocycles. The smallest absolute Gasteiger partial charge is 0.253 e. The molecule has 0 radical (unpaired) electrons. The first-order chi connectivity index (χ1) is 16.4. The van der Waals surface area contributed by atoms with Crippen molar-refractivity contribution in [1.29, 1.82) is 0 Å². The molecule has 1 amide bonds. The molecule has 8 nitrogen and oxygen atoms in total. The molecule has 3 aromatic rings. The molecule has 1 aromatic carbocycles. The predicted molar refractivity (Wildman–Crippen MR) is 136 cm³/mol. The first-order valence-electron chi connectivity index (χ1n) is 11.7. The lowest BCUT2D eigenvalue weighted by Crippen LogP contribution is -2.42. The van der Waals surface area contributed by atoms with Crippen LogP contribution in [-0.4, -0.2) is 84.9 Å². The summed E-state index contributed by atoms with van der Waals surface area (Å²) in [4.78, 5) is 25.7. The summed E-state index contributed by atoms with van der Waals surface area (Å²) in [5.74, 6) is 0.486. The second-order valence-corrected chi connectivity index (χ2v) is 10.7. The van der Waals surface area contributed by atoms with E-state index in [9.17, 15) is 13.2 Å². The third kappa shape index (κ3) is 5.53. The summed E-state index contributed by atoms with van der Waals surface area (Å²) >= 11 is 0. The molecule has 34 heavy (non-hydrogen) atoms. The maximum Gasteiger partial charge on any atom is 0.253 e. The summed E-state index contributed by atoms with van der Waals surface area (Å²) in [6, 6.07) is 11.5. The Labute approximate surface area is 200 Å². The Balaban J connectivity index is 1.52. The van der Waals surface area contributed by atoms with Gasteiger partial charge >= 0.3 is 0 Å². The summed E-state index contributed by atoms with van der Waals surface area (Å²) < 4.78 is 23.3. The Morgan fingerprint density at radius 1 is 1.09 bits per heavy atom. The number of rotatable bonds is 8. The third-order valence-corrected chi connectivity index (χ3v) is 7.88. The number of pyridine rings is 2. The predicted octanol–water partition coefficient (Wildman–Crippen LogP) is 2.92. The number of amides is 1. The molecule has 0 aliphatic carbocycles. The van der Waals surface area contributed by atoms with Gasteiger partial charge in [0, 0.05) is 73.9 Å². The Hall–Kier alpha value is -3.04. The zero-order chi connectivity index (χ0) is 24.1. The van der Waals surface area contributed by atoms with Gasteiger partial charge < -0.3 is 10.2 Å². The highest BCUT2D eigenvalue weighted by atomic mass is 32.2. The highest BCUT2D eigenvalue weighted by Crippen LogP contribution is 2.28. The van der Waals surface area contributed by atoms with Gasteiger partial charge in [0.05, 0.1) is 22.7 Å². The van der Waals surface area contributed by atoms with Crippen LogP contribution in [0.3, 0.4) is 0 Å². The van der Waals surface area contributed by atoms with Crippen LogP contribution in [0.5, 0.6) is 0 Å². The lowest BCUT2D eigenvalue weighted by molar-refractivity contribution is 0.0773. The van der Waals surface area contributed by atoms with Crippen molar-refractivity contribution in [3.63, 3.8) is 0 Å². The molecular formula is C25H31N5O3S. The number of aromatic nitrogens is 2. The van der Waals surface area contributed by atoms with E-state index in [0.29, 0.717) is 38.3 Å². The van der Waals surface area contributed by atoms with Gasteiger partial charge in [0.1, 0.15) is 0 Å². The van der Waals surface area contributed by atoms with Crippen molar-refractivity contribution in [2.45, 2.75) is 13.8 Å². The molecule has 3 heterocycles. The van der Waals surface area contributed by atoms with Crippen LogP contribution in [0.2, 0.25) is 0 Å². The molecule has 4 rings (SSSR count). The second kappa shape index (κ2) is 10.5. The lowest BCUT2D eigenvalue weighted by atomic mass is 10.1. The van der Waals surface area contributed by atoms with Crippen molar-refractivity contribution in [3.8, 4) is 11.3 Å². The minimum Gasteiger partial charge on any atom is -0.383 e. The van der Waals surface area contributed by atoms with Crippen molar-refractivity contribution >= 4 is 32.3 Å². The van der Waals surface area contributed by atoms with E-state index in [1.54, 1.807) is 17.3 Å². The van der Waals surface area contributed by atoms with Gasteiger partial charge in [-0.25, -0.2) is 13.4 Å². The number of hydrogen-bond donors (Lipinski definition) is 1. The Morgan fingerprint density at radius 2 is 1.79 bits per heavy atom. The van der Waals surface area contributed by atoms with E-state index in [1.165, 1.54) is 0 Å². The monoisotopic (exact) mass is 481 g/mol. The Kier molecular flexibility index (Phi) is 7.43. The van der Waals surface area contributed by atoms with Crippen LogP contribution in [0.1, 0.15) is 24.2 Å². The fourth-order valence-corrected chi connectivity index (χ4v) is 5.44. The van der Waals surface area contributed by atoms with Gasteiger partial charge in [-0.2, -0.15) is 0 Å². The zero-order valence-corrected chi connectivity index (χ0v) is 20.5. The lowest BCUT2D eigenvalue weighted by Gasteiger charge is -2.26. The van der Waals surface area contributed by atoms with Crippen LogP contribution in [0, 0.1) is 0 Å². The van der Waals surface area contributed by atoms with Gasteiger partial charge in [-0.15, -0.1) is 0 Å². The average molecular weight is 482 g/mol. The van der Waals surface area contributed by atoms with Gasteiger partial charge in [0.2, 0.25) is 0 Å². The highest BCUT2D eigenvalue weighted by molar-refractivity contribution is 7.91. The minimum atomic E-state index is -2.88. The number of carbonyl (C=O) groups is 1. The molecule has 1 fully saturated rings. The molecule has 2 aromatic heterocycles. The Morgan fingerprint density at radius 3 is 2.47 bits per heavy atom. The van der Waals surface area contributed by atoms with Gasteiger partial charge in [-0.3, -0.25) is 14.7 Å². The fraction of sp³-hybridized carbons (Fsp3) is 0.400. The van der Waals surface area contributed by atoms with Crippen molar-refractivity contribution in [2.75, 3.05) is 56.1 Å². The highest BCUT2D eigenvalue weighted by Gasteiger charge is 2.21. The van der Waals surface area contributed by atoms with Gasteiger partial charge in [0.25, 0.3) is 5.91 Å². The van der Waals surface area contributed by atoms with Crippen LogP contribution in [0.25, 0.3) is 22.2 Å². The second-order valence-electron chi connectivity index (χ2n) is 8.42. The normalized spacial score (nSPS) is 15.8. The molecule has 0 unspecified atom stereocenters. The number of fused-ring (bicyclic) bond motifs is 1. The molecule has 180 valence electrons. The molecular weight excluding hydrogens is 450 g/mol. The van der Waals surface area contributed by atoms with Crippen LogP contribution in [0.4, 0.5) is 5.69 Å². The quantitative estimate of drug-likeness (QED) is 0.528. The van der Waals surface area contributed by atoms with E-state index in [2.05, 4.69) is 15.2 Å². The molecule has 1 aliphatic rings. The van der Waals surface area contributed by atoms with Crippen LogP contribution in [0.15, 0.2) is 48.8 Å². The first kappa shape index (κ1) is 24.1. The van der Waals surface area contributed by atoms with Gasteiger partial charge in [0.15, 0.2) is 9.84 Å². The van der Waals surface area contributed by atoms with Gasteiger partial charge in [-0.05, 0) is 38.1 Å². The van der Waals surface area contributed by atoms with Crippen LogP contribution >= 0.6 is 0 Å². The summed E-state index contributed by atoms with van der Waals surface area (Å²) in [6.45, 7) is 7.91. The summed E-state index contributed by atoms with van der Waals surface area (Å²) in [7, 11) is -2.88.